The van der Waals surface area contributed by atoms with Crippen molar-refractivity contribution >= 4 is 5.97 Å². The van der Waals surface area contributed by atoms with Crippen LogP contribution in [0.25, 0.3) is 11.1 Å². The third kappa shape index (κ3) is 6.83. The summed E-state index contributed by atoms with van der Waals surface area (Å²) in [5.41, 5.74) is 2.96. The minimum atomic E-state index is -4.37. The highest BCUT2D eigenvalue weighted by atomic mass is 19.4. The molecule has 6 heteroatoms. The topological polar surface area (TPSA) is 38.3 Å². The van der Waals surface area contributed by atoms with Crippen LogP contribution in [0.5, 0.6) is 0 Å². The van der Waals surface area contributed by atoms with E-state index in [4.69, 9.17) is 4.74 Å². The van der Waals surface area contributed by atoms with Crippen LogP contribution in [0.15, 0.2) is 42.5 Å². The van der Waals surface area contributed by atoms with Gasteiger partial charge in [-0.25, -0.2) is 0 Å². The summed E-state index contributed by atoms with van der Waals surface area (Å²) in [5, 5.41) is 3.66. The van der Waals surface area contributed by atoms with Gasteiger partial charge in [-0.3, -0.25) is 4.79 Å². The van der Waals surface area contributed by atoms with Gasteiger partial charge in [-0.15, -0.1) is 0 Å². The molecule has 3 nitrogen and oxygen atoms in total. The van der Waals surface area contributed by atoms with Crippen molar-refractivity contribution in [1.82, 2.24) is 5.32 Å². The van der Waals surface area contributed by atoms with Crippen LogP contribution in [0.1, 0.15) is 63.1 Å². The zero-order valence-electron chi connectivity index (χ0n) is 19.9. The first-order valence-electron chi connectivity index (χ1n) is 11.6. The molecule has 3 rings (SSSR count). The first kappa shape index (κ1) is 25.3. The maximum absolute atomic E-state index is 13.0. The van der Waals surface area contributed by atoms with E-state index >= 15 is 0 Å². The van der Waals surface area contributed by atoms with E-state index in [0.29, 0.717) is 23.6 Å². The third-order valence-corrected chi connectivity index (χ3v) is 6.81. The van der Waals surface area contributed by atoms with Crippen LogP contribution in [-0.2, 0) is 28.7 Å². The SMILES string of the molecule is COC(=O)Cc1ccc(CN[C@H]2CC[C@H](C(C)(C)C)CC2)c(-c2ccc(C(F)(F)F)cc2)c1. The highest BCUT2D eigenvalue weighted by molar-refractivity contribution is 5.75. The van der Waals surface area contributed by atoms with E-state index in [9.17, 15) is 18.0 Å². The molecule has 1 aliphatic carbocycles. The standard InChI is InChI=1S/C27H34F3NO2/c1-26(2,3)21-11-13-23(14-12-21)31-17-20-6-5-18(16-25(32)33-4)15-24(20)19-7-9-22(10-8-19)27(28,29)30/h5-10,15,21,23,31H,11-14,16-17H2,1-4H3/t21-,23-. The highest BCUT2D eigenvalue weighted by Gasteiger charge is 2.31. The Balaban J connectivity index is 1.78. The Morgan fingerprint density at radius 1 is 1.00 bits per heavy atom. The molecule has 0 heterocycles. The molecule has 0 radical (unpaired) electrons. The van der Waals surface area contributed by atoms with Crippen molar-refractivity contribution in [3.63, 3.8) is 0 Å². The quantitative estimate of drug-likeness (QED) is 0.482. The van der Waals surface area contributed by atoms with E-state index in [-0.39, 0.29) is 12.4 Å². The normalized spacial score (nSPS) is 19.4. The maximum Gasteiger partial charge on any atom is 0.416 e. The van der Waals surface area contributed by atoms with E-state index in [2.05, 4.69) is 26.1 Å². The van der Waals surface area contributed by atoms with Crippen molar-refractivity contribution in [3.8, 4) is 11.1 Å². The molecule has 1 fully saturated rings. The molecule has 0 amide bonds. The molecule has 0 atom stereocenters. The van der Waals surface area contributed by atoms with E-state index in [1.807, 2.05) is 18.2 Å². The van der Waals surface area contributed by atoms with Crippen LogP contribution < -0.4 is 5.32 Å². The van der Waals surface area contributed by atoms with Crippen LogP contribution in [-0.4, -0.2) is 19.1 Å². The van der Waals surface area contributed by atoms with Gasteiger partial charge in [0.05, 0.1) is 19.1 Å². The molecule has 1 aliphatic rings. The van der Waals surface area contributed by atoms with Crippen LogP contribution in [0, 0.1) is 11.3 Å². The average Bonchev–Trinajstić information content (AvgIpc) is 2.77. The second-order valence-electron chi connectivity index (χ2n) is 10.1. The average molecular weight is 462 g/mol. The van der Waals surface area contributed by atoms with Crippen LogP contribution in [0.3, 0.4) is 0 Å². The number of rotatable bonds is 6. The van der Waals surface area contributed by atoms with Gasteiger partial charge in [0.15, 0.2) is 0 Å². The molecule has 0 unspecified atom stereocenters. The number of ether oxygens (including phenoxy) is 1. The number of halogens is 3. The molecule has 2 aromatic carbocycles. The smallest absolute Gasteiger partial charge is 0.416 e. The molecule has 1 N–H and O–H groups in total. The fourth-order valence-corrected chi connectivity index (χ4v) is 4.65. The Labute approximate surface area is 194 Å². The van der Waals surface area contributed by atoms with Gasteiger partial charge in [0, 0.05) is 12.6 Å². The fraction of sp³-hybridized carbons (Fsp3) is 0.519. The zero-order valence-corrected chi connectivity index (χ0v) is 19.9. The zero-order chi connectivity index (χ0) is 24.2. The van der Waals surface area contributed by atoms with Gasteiger partial charge in [0.2, 0.25) is 0 Å². The van der Waals surface area contributed by atoms with Gasteiger partial charge in [0.25, 0.3) is 0 Å². The summed E-state index contributed by atoms with van der Waals surface area (Å²) in [5.74, 6) is 0.380. The number of nitrogens with one attached hydrogen (secondary N) is 1. The second-order valence-corrected chi connectivity index (χ2v) is 10.1. The first-order valence-corrected chi connectivity index (χ1v) is 11.6. The number of carbonyl (C=O) groups is 1. The molecule has 0 bridgehead atoms. The van der Waals surface area contributed by atoms with Crippen molar-refractivity contribution in [2.75, 3.05) is 7.11 Å². The fourth-order valence-electron chi connectivity index (χ4n) is 4.65. The lowest BCUT2D eigenvalue weighted by molar-refractivity contribution is -0.140. The van der Waals surface area contributed by atoms with E-state index < -0.39 is 11.7 Å². The molecule has 2 aromatic rings. The number of carbonyl (C=O) groups excluding carboxylic acids is 1. The van der Waals surface area contributed by atoms with Crippen molar-refractivity contribution in [1.29, 1.82) is 0 Å². The molecule has 0 saturated heterocycles. The molecule has 0 aromatic heterocycles. The Hall–Kier alpha value is -2.34. The van der Waals surface area contributed by atoms with Gasteiger partial charge in [-0.2, -0.15) is 13.2 Å². The third-order valence-electron chi connectivity index (χ3n) is 6.81. The largest absolute Gasteiger partial charge is 0.469 e. The van der Waals surface area contributed by atoms with Gasteiger partial charge >= 0.3 is 12.1 Å². The Morgan fingerprint density at radius 2 is 1.64 bits per heavy atom. The van der Waals surface area contributed by atoms with Crippen LogP contribution >= 0.6 is 0 Å². The minimum Gasteiger partial charge on any atom is -0.469 e. The lowest BCUT2D eigenvalue weighted by Crippen LogP contribution is -2.35. The molecule has 1 saturated carbocycles. The minimum absolute atomic E-state index is 0.120. The Morgan fingerprint density at radius 3 is 2.18 bits per heavy atom. The van der Waals surface area contributed by atoms with E-state index in [1.54, 1.807) is 0 Å². The number of alkyl halides is 3. The monoisotopic (exact) mass is 461 g/mol. The maximum atomic E-state index is 13.0. The number of benzene rings is 2. The molecular weight excluding hydrogens is 427 g/mol. The molecule has 0 aliphatic heterocycles. The van der Waals surface area contributed by atoms with Gasteiger partial charge in [-0.05, 0) is 71.4 Å². The van der Waals surface area contributed by atoms with Crippen molar-refractivity contribution in [2.24, 2.45) is 11.3 Å². The van der Waals surface area contributed by atoms with Crippen LogP contribution in [0.2, 0.25) is 0 Å². The highest BCUT2D eigenvalue weighted by Crippen LogP contribution is 2.38. The second kappa shape index (κ2) is 10.3. The lowest BCUT2D eigenvalue weighted by atomic mass is 9.71. The lowest BCUT2D eigenvalue weighted by Gasteiger charge is -2.37. The summed E-state index contributed by atoms with van der Waals surface area (Å²) >= 11 is 0. The number of methoxy groups -OCH3 is 1. The van der Waals surface area contributed by atoms with Gasteiger partial charge in [-0.1, -0.05) is 51.1 Å². The van der Waals surface area contributed by atoms with Crippen molar-refractivity contribution in [3.05, 3.63) is 59.2 Å². The molecular formula is C27H34F3NO2. The predicted molar refractivity (Wildman–Crippen MR) is 125 cm³/mol. The summed E-state index contributed by atoms with van der Waals surface area (Å²) in [7, 11) is 1.34. The summed E-state index contributed by atoms with van der Waals surface area (Å²) in [6, 6.07) is 11.4. The van der Waals surface area contributed by atoms with E-state index in [0.717, 1.165) is 47.6 Å². The Bertz CT molecular complexity index is 937. The van der Waals surface area contributed by atoms with Crippen molar-refractivity contribution in [2.45, 2.75) is 71.6 Å². The number of hydrogen-bond acceptors (Lipinski definition) is 3. The summed E-state index contributed by atoms with van der Waals surface area (Å²) in [6.45, 7) is 7.53. The first-order chi connectivity index (χ1) is 15.5. The summed E-state index contributed by atoms with van der Waals surface area (Å²) in [4.78, 5) is 11.7. The summed E-state index contributed by atoms with van der Waals surface area (Å²) in [6.07, 6.45) is 0.391. The molecule has 180 valence electrons. The summed E-state index contributed by atoms with van der Waals surface area (Å²) < 4.78 is 43.8. The molecule has 33 heavy (non-hydrogen) atoms. The van der Waals surface area contributed by atoms with Crippen LogP contribution in [0.4, 0.5) is 13.2 Å². The van der Waals surface area contributed by atoms with Gasteiger partial charge < -0.3 is 10.1 Å². The van der Waals surface area contributed by atoms with E-state index in [1.165, 1.54) is 32.1 Å². The van der Waals surface area contributed by atoms with Crippen molar-refractivity contribution < 1.29 is 22.7 Å². The molecule has 0 spiro atoms. The number of esters is 1. The predicted octanol–water partition coefficient (Wildman–Crippen LogP) is 6.78. The van der Waals surface area contributed by atoms with Gasteiger partial charge in [0.1, 0.15) is 0 Å². The number of hydrogen-bond donors (Lipinski definition) is 1. The Kier molecular flexibility index (Phi) is 7.88.